The lowest BCUT2D eigenvalue weighted by Gasteiger charge is -2.35. The molecule has 47 heavy (non-hydrogen) atoms. The molecule has 0 saturated carbocycles. The Kier molecular flexibility index (Phi) is 14.3. The van der Waals surface area contributed by atoms with Gasteiger partial charge in [0.1, 0.15) is 23.4 Å². The number of hydrogen-bond donors (Lipinski definition) is 3. The number of carbonyl (C=O) groups is 3. The van der Waals surface area contributed by atoms with Gasteiger partial charge in [0.25, 0.3) is 0 Å². The largest absolute Gasteiger partial charge is 0.508 e. The second kappa shape index (κ2) is 18.1. The normalized spacial score (nSPS) is 12.6. The first-order chi connectivity index (χ1) is 22.4. The molecule has 0 radical (unpaired) electrons. The zero-order valence-electron chi connectivity index (χ0n) is 29.0. The van der Waals surface area contributed by atoms with E-state index in [1.54, 1.807) is 49.9 Å². The number of carbonyl (C=O) groups excluding carboxylic acids is 3. The van der Waals surface area contributed by atoms with Gasteiger partial charge in [0.2, 0.25) is 11.8 Å². The summed E-state index contributed by atoms with van der Waals surface area (Å²) in [6.45, 7) is 12.1. The topological polar surface area (TPSA) is 108 Å². The van der Waals surface area contributed by atoms with Crippen LogP contribution in [0.25, 0.3) is 0 Å². The maximum atomic E-state index is 14.8. The lowest BCUT2D eigenvalue weighted by molar-refractivity contribution is -0.142. The van der Waals surface area contributed by atoms with Crippen LogP contribution in [0.15, 0.2) is 72.8 Å². The number of aromatic hydroxyl groups is 1. The smallest absolute Gasteiger partial charge is 0.408 e. The number of phenolic OH excluding ortho intramolecular Hbond substituents is 1. The number of nitrogens with one attached hydrogen (secondary N) is 2. The van der Waals surface area contributed by atoms with Gasteiger partial charge in [-0.15, -0.1) is 0 Å². The number of phenols is 1. The molecule has 3 rings (SSSR count). The van der Waals surface area contributed by atoms with Crippen molar-refractivity contribution >= 4 is 17.9 Å². The Hall–Kier alpha value is -4.33. The minimum atomic E-state index is -1.02. The zero-order chi connectivity index (χ0) is 34.4. The highest BCUT2D eigenvalue weighted by atomic mass is 16.6. The quantitative estimate of drug-likeness (QED) is 0.139. The summed E-state index contributed by atoms with van der Waals surface area (Å²) in [4.78, 5) is 43.7. The number of alkyl carbamates (subject to hydrolysis) is 1. The van der Waals surface area contributed by atoms with Gasteiger partial charge in [-0.25, -0.2) is 4.79 Å². The van der Waals surface area contributed by atoms with Crippen molar-refractivity contribution in [3.63, 3.8) is 0 Å². The van der Waals surface area contributed by atoms with Crippen LogP contribution in [0.2, 0.25) is 0 Å². The number of rotatable bonds is 16. The van der Waals surface area contributed by atoms with Gasteiger partial charge in [-0.1, -0.05) is 99.7 Å². The highest BCUT2D eigenvalue weighted by molar-refractivity contribution is 5.92. The molecule has 3 aromatic carbocycles. The van der Waals surface area contributed by atoms with Crippen molar-refractivity contribution in [1.29, 1.82) is 0 Å². The molecule has 8 heteroatoms. The zero-order valence-corrected chi connectivity index (χ0v) is 29.0. The van der Waals surface area contributed by atoms with Crippen molar-refractivity contribution in [2.75, 3.05) is 6.54 Å². The van der Waals surface area contributed by atoms with Gasteiger partial charge in [0.05, 0.1) is 0 Å². The maximum Gasteiger partial charge on any atom is 0.408 e. The number of nitrogens with zero attached hydrogens (tertiary/aromatic N) is 1. The lowest BCUT2D eigenvalue weighted by atomic mass is 9.97. The fourth-order valence-electron chi connectivity index (χ4n) is 5.44. The summed E-state index contributed by atoms with van der Waals surface area (Å²) in [6, 6.07) is 20.1. The molecular formula is C39H53N3O5. The Labute approximate surface area is 280 Å². The molecular weight excluding hydrogens is 590 g/mol. The molecule has 2 atom stereocenters. The molecule has 3 amide bonds. The number of hydrogen-bond acceptors (Lipinski definition) is 5. The van der Waals surface area contributed by atoms with Crippen molar-refractivity contribution in [3.8, 4) is 5.75 Å². The van der Waals surface area contributed by atoms with E-state index in [2.05, 4.69) is 17.6 Å². The van der Waals surface area contributed by atoms with E-state index in [9.17, 15) is 19.5 Å². The summed E-state index contributed by atoms with van der Waals surface area (Å²) in [5.74, 6) is -0.570. The summed E-state index contributed by atoms with van der Waals surface area (Å²) < 4.78 is 5.56. The minimum absolute atomic E-state index is 0.103. The van der Waals surface area contributed by atoms with Crippen LogP contribution in [0, 0.1) is 13.8 Å². The molecule has 8 nitrogen and oxygen atoms in total. The number of benzene rings is 3. The average Bonchev–Trinajstić information content (AvgIpc) is 3.02. The SMILES string of the molecule is CCCCCCCCN(C(=O)C(Cc1ccc(O)cc1)NC(=O)OC(C)(C)C)C(C(=O)NCc1ccccc1)c1ccc(C)c(C)c1. The van der Waals surface area contributed by atoms with E-state index in [1.165, 1.54) is 0 Å². The van der Waals surface area contributed by atoms with Gasteiger partial charge in [0, 0.05) is 19.5 Å². The summed E-state index contributed by atoms with van der Waals surface area (Å²) in [7, 11) is 0. The van der Waals surface area contributed by atoms with Gasteiger partial charge in [-0.3, -0.25) is 9.59 Å². The van der Waals surface area contributed by atoms with Crippen LogP contribution in [-0.4, -0.2) is 46.1 Å². The molecule has 0 spiro atoms. The second-order valence-corrected chi connectivity index (χ2v) is 13.3. The van der Waals surface area contributed by atoms with Crippen LogP contribution >= 0.6 is 0 Å². The number of ether oxygens (including phenoxy) is 1. The predicted molar refractivity (Wildman–Crippen MR) is 187 cm³/mol. The first-order valence-corrected chi connectivity index (χ1v) is 16.8. The van der Waals surface area contributed by atoms with E-state index >= 15 is 0 Å². The monoisotopic (exact) mass is 643 g/mol. The van der Waals surface area contributed by atoms with Gasteiger partial charge in [-0.05, 0) is 81.0 Å². The molecule has 0 aromatic heterocycles. The predicted octanol–water partition coefficient (Wildman–Crippen LogP) is 7.69. The first kappa shape index (κ1) is 37.1. The lowest BCUT2D eigenvalue weighted by Crippen LogP contribution is -2.54. The van der Waals surface area contributed by atoms with Crippen molar-refractivity contribution in [2.45, 2.75) is 111 Å². The number of aryl methyl sites for hydroxylation is 2. The van der Waals surface area contributed by atoms with Crippen LogP contribution in [-0.2, 0) is 27.3 Å². The maximum absolute atomic E-state index is 14.8. The standard InChI is InChI=1S/C39H53N3O5/c1-7-8-9-10-11-15-24-42(37(45)34(41-38(46)47-39(4,5)6)26-30-19-22-33(43)23-20-30)35(32-21-18-28(2)29(3)25-32)36(44)40-27-31-16-13-12-14-17-31/h12-14,16-23,25,34-35,43H,7-11,15,24,26-27H2,1-6H3,(H,40,44)(H,41,46). The van der Waals surface area contributed by atoms with E-state index in [0.29, 0.717) is 25.1 Å². The summed E-state index contributed by atoms with van der Waals surface area (Å²) >= 11 is 0. The Morgan fingerprint density at radius 2 is 1.49 bits per heavy atom. The minimum Gasteiger partial charge on any atom is -0.508 e. The molecule has 0 aliphatic heterocycles. The number of amides is 3. The average molecular weight is 644 g/mol. The van der Waals surface area contributed by atoms with Crippen LogP contribution in [0.5, 0.6) is 5.75 Å². The fraction of sp³-hybridized carbons (Fsp3) is 0.462. The van der Waals surface area contributed by atoms with Gasteiger partial charge in [0.15, 0.2) is 0 Å². The van der Waals surface area contributed by atoms with Crippen LogP contribution in [0.4, 0.5) is 4.79 Å². The first-order valence-electron chi connectivity index (χ1n) is 16.8. The second-order valence-electron chi connectivity index (χ2n) is 13.3. The summed E-state index contributed by atoms with van der Waals surface area (Å²) in [5, 5.41) is 15.8. The Morgan fingerprint density at radius 1 is 0.830 bits per heavy atom. The molecule has 0 saturated heterocycles. The van der Waals surface area contributed by atoms with E-state index < -0.39 is 23.8 Å². The van der Waals surface area contributed by atoms with Crippen LogP contribution in [0.3, 0.4) is 0 Å². The van der Waals surface area contributed by atoms with E-state index in [-0.39, 0.29) is 24.0 Å². The van der Waals surface area contributed by atoms with E-state index in [4.69, 9.17) is 4.74 Å². The third kappa shape index (κ3) is 12.4. The fourth-order valence-corrected chi connectivity index (χ4v) is 5.44. The van der Waals surface area contributed by atoms with E-state index in [1.807, 2.05) is 62.4 Å². The molecule has 2 unspecified atom stereocenters. The Balaban J connectivity index is 2.04. The molecule has 0 fully saturated rings. The van der Waals surface area contributed by atoms with Crippen LogP contribution < -0.4 is 10.6 Å². The molecule has 254 valence electrons. The van der Waals surface area contributed by atoms with Crippen molar-refractivity contribution in [1.82, 2.24) is 15.5 Å². The van der Waals surface area contributed by atoms with Crippen molar-refractivity contribution < 1.29 is 24.2 Å². The molecule has 3 N–H and O–H groups in total. The summed E-state index contributed by atoms with van der Waals surface area (Å²) in [6.07, 6.45) is 5.50. The molecule has 0 aliphatic carbocycles. The molecule has 0 bridgehead atoms. The van der Waals surface area contributed by atoms with Gasteiger partial charge >= 0.3 is 6.09 Å². The Bertz CT molecular complexity index is 1430. The summed E-state index contributed by atoms with van der Waals surface area (Å²) in [5.41, 5.74) is 3.73. The van der Waals surface area contributed by atoms with Crippen LogP contribution in [0.1, 0.15) is 100 Å². The highest BCUT2D eigenvalue weighted by Gasteiger charge is 2.36. The Morgan fingerprint density at radius 3 is 2.13 bits per heavy atom. The third-order valence-electron chi connectivity index (χ3n) is 8.12. The number of unbranched alkanes of at least 4 members (excludes halogenated alkanes) is 5. The molecule has 0 heterocycles. The molecule has 3 aromatic rings. The third-order valence-corrected chi connectivity index (χ3v) is 8.12. The highest BCUT2D eigenvalue weighted by Crippen LogP contribution is 2.27. The van der Waals surface area contributed by atoms with Gasteiger partial charge < -0.3 is 25.4 Å². The van der Waals surface area contributed by atoms with E-state index in [0.717, 1.165) is 54.4 Å². The molecule has 0 aliphatic rings. The van der Waals surface area contributed by atoms with Crippen molar-refractivity contribution in [2.24, 2.45) is 0 Å². The van der Waals surface area contributed by atoms with Gasteiger partial charge in [-0.2, -0.15) is 0 Å². The van der Waals surface area contributed by atoms with Crippen molar-refractivity contribution in [3.05, 3.63) is 101 Å².